The van der Waals surface area contributed by atoms with Gasteiger partial charge < -0.3 is 40.1 Å². The van der Waals surface area contributed by atoms with Crippen LogP contribution in [0.15, 0.2) is 53.1 Å². The zero-order valence-corrected chi connectivity index (χ0v) is 24.5. The maximum Gasteiger partial charge on any atom is 0.323 e. The molecule has 4 rings (SSSR count). The summed E-state index contributed by atoms with van der Waals surface area (Å²) in [5.41, 5.74) is 2.74. The van der Waals surface area contributed by atoms with Crippen LogP contribution in [-0.4, -0.2) is 76.9 Å². The van der Waals surface area contributed by atoms with Gasteiger partial charge in [-0.25, -0.2) is 9.59 Å². The molecule has 0 unspecified atom stereocenters. The van der Waals surface area contributed by atoms with E-state index in [2.05, 4.69) is 21.1 Å². The topological polar surface area (TPSA) is 149 Å². The minimum absolute atomic E-state index is 0.00442. The Bertz CT molecular complexity index is 1390. The average Bonchev–Trinajstić information content (AvgIpc) is 3.29. The number of aryl methyl sites for hydroxylation is 2. The number of hydrogen-bond acceptors (Lipinski definition) is 7. The van der Waals surface area contributed by atoms with Crippen LogP contribution in [0.2, 0.25) is 0 Å². The SMILES string of the molecule is Cc1noc(C)c1NC(=O)Nc1ccc2c(c1)CC(=O)N([C@H](C)CO)C[C@H](C)[C@@H](CN(C)C(=O)Nc1ccccc1)O2. The van der Waals surface area contributed by atoms with Crippen molar-refractivity contribution in [2.24, 2.45) is 5.92 Å². The maximum atomic E-state index is 13.5. The molecule has 224 valence electrons. The van der Waals surface area contributed by atoms with E-state index in [1.165, 1.54) is 0 Å². The number of aliphatic hydroxyl groups is 1. The Labute approximate surface area is 245 Å². The number of benzene rings is 2. The van der Waals surface area contributed by atoms with Gasteiger partial charge in [-0.05, 0) is 51.1 Å². The van der Waals surface area contributed by atoms with Gasteiger partial charge in [0.2, 0.25) is 5.91 Å². The van der Waals surface area contributed by atoms with E-state index in [0.717, 1.165) is 0 Å². The molecule has 2 heterocycles. The number of nitrogens with one attached hydrogen (secondary N) is 3. The number of urea groups is 2. The molecule has 1 aliphatic heterocycles. The number of para-hydroxylation sites is 1. The largest absolute Gasteiger partial charge is 0.488 e. The van der Waals surface area contributed by atoms with E-state index < -0.39 is 18.2 Å². The summed E-state index contributed by atoms with van der Waals surface area (Å²) in [5, 5.41) is 22.1. The van der Waals surface area contributed by atoms with Gasteiger partial charge >= 0.3 is 12.1 Å². The monoisotopic (exact) mass is 578 g/mol. The van der Waals surface area contributed by atoms with Crippen LogP contribution in [0.1, 0.15) is 30.9 Å². The first-order valence-corrected chi connectivity index (χ1v) is 13.8. The van der Waals surface area contributed by atoms with Crippen molar-refractivity contribution in [3.05, 3.63) is 65.5 Å². The molecule has 3 aromatic rings. The predicted octanol–water partition coefficient (Wildman–Crippen LogP) is 4.25. The van der Waals surface area contributed by atoms with Gasteiger partial charge in [0.25, 0.3) is 0 Å². The van der Waals surface area contributed by atoms with Crippen LogP contribution < -0.4 is 20.7 Å². The third-order valence-corrected chi connectivity index (χ3v) is 7.27. The Kier molecular flexibility index (Phi) is 9.68. The highest BCUT2D eigenvalue weighted by atomic mass is 16.5. The molecule has 4 N–H and O–H groups in total. The van der Waals surface area contributed by atoms with Crippen molar-refractivity contribution >= 4 is 35.0 Å². The highest BCUT2D eigenvalue weighted by Gasteiger charge is 2.32. The summed E-state index contributed by atoms with van der Waals surface area (Å²) >= 11 is 0. The van der Waals surface area contributed by atoms with Crippen LogP contribution in [0.5, 0.6) is 5.75 Å². The number of anilines is 3. The number of aliphatic hydroxyl groups excluding tert-OH is 1. The first-order chi connectivity index (χ1) is 20.0. The number of aromatic nitrogens is 1. The van der Waals surface area contributed by atoms with Crippen molar-refractivity contribution in [1.82, 2.24) is 15.0 Å². The Balaban J connectivity index is 1.56. The highest BCUT2D eigenvalue weighted by Crippen LogP contribution is 2.29. The predicted molar refractivity (Wildman–Crippen MR) is 159 cm³/mol. The Morgan fingerprint density at radius 1 is 1.12 bits per heavy atom. The highest BCUT2D eigenvalue weighted by molar-refractivity contribution is 6.00. The number of fused-ring (bicyclic) bond motifs is 1. The third kappa shape index (κ3) is 7.38. The zero-order valence-electron chi connectivity index (χ0n) is 24.5. The fourth-order valence-electron chi connectivity index (χ4n) is 4.76. The smallest absolute Gasteiger partial charge is 0.323 e. The normalized spacial score (nSPS) is 17.6. The van der Waals surface area contributed by atoms with Gasteiger partial charge in [-0.3, -0.25) is 4.79 Å². The molecule has 0 fully saturated rings. The van der Waals surface area contributed by atoms with Crippen LogP contribution >= 0.6 is 0 Å². The summed E-state index contributed by atoms with van der Waals surface area (Å²) in [7, 11) is 1.69. The van der Waals surface area contributed by atoms with E-state index in [-0.39, 0.29) is 37.4 Å². The summed E-state index contributed by atoms with van der Waals surface area (Å²) in [5.74, 6) is 0.602. The molecule has 0 bridgehead atoms. The summed E-state index contributed by atoms with van der Waals surface area (Å²) in [6, 6.07) is 13.1. The van der Waals surface area contributed by atoms with Crippen LogP contribution in [-0.2, 0) is 11.2 Å². The first-order valence-electron chi connectivity index (χ1n) is 13.8. The minimum atomic E-state index is -0.493. The molecule has 5 amide bonds. The first kappa shape index (κ1) is 30.4. The second-order valence-electron chi connectivity index (χ2n) is 10.7. The third-order valence-electron chi connectivity index (χ3n) is 7.27. The minimum Gasteiger partial charge on any atom is -0.488 e. The van der Waals surface area contributed by atoms with Crippen LogP contribution in [0.25, 0.3) is 0 Å². The molecule has 0 spiro atoms. The van der Waals surface area contributed by atoms with Crippen LogP contribution in [0.4, 0.5) is 26.7 Å². The number of likely N-dealkylation sites (N-methyl/N-ethyl adjacent to an activating group) is 1. The molecule has 12 nitrogen and oxygen atoms in total. The molecule has 3 atom stereocenters. The molecule has 0 radical (unpaired) electrons. The van der Waals surface area contributed by atoms with Gasteiger partial charge in [-0.2, -0.15) is 0 Å². The second kappa shape index (κ2) is 13.4. The Morgan fingerprint density at radius 3 is 2.52 bits per heavy atom. The molecule has 0 aliphatic carbocycles. The number of amides is 5. The lowest BCUT2D eigenvalue weighted by molar-refractivity contribution is -0.134. The molecular weight excluding hydrogens is 540 g/mol. The second-order valence-corrected chi connectivity index (χ2v) is 10.7. The molecule has 1 aliphatic rings. The summed E-state index contributed by atoms with van der Waals surface area (Å²) in [6.07, 6.45) is -0.471. The lowest BCUT2D eigenvalue weighted by Gasteiger charge is -2.34. The average molecular weight is 579 g/mol. The van der Waals surface area contributed by atoms with Gasteiger partial charge in [-0.1, -0.05) is 30.3 Å². The van der Waals surface area contributed by atoms with E-state index >= 15 is 0 Å². The molecule has 2 aromatic carbocycles. The molecular formula is C30H38N6O6. The molecule has 12 heteroatoms. The lowest BCUT2D eigenvalue weighted by atomic mass is 10.0. The van der Waals surface area contributed by atoms with Crippen molar-refractivity contribution in [3.63, 3.8) is 0 Å². The number of carbonyl (C=O) groups is 3. The van der Waals surface area contributed by atoms with Gasteiger partial charge in [-0.15, -0.1) is 0 Å². The number of hydrogen-bond donors (Lipinski definition) is 4. The van der Waals surface area contributed by atoms with Crippen molar-refractivity contribution in [3.8, 4) is 5.75 Å². The van der Waals surface area contributed by atoms with Gasteiger partial charge in [0, 0.05) is 36.4 Å². The van der Waals surface area contributed by atoms with Crippen LogP contribution in [0, 0.1) is 19.8 Å². The van der Waals surface area contributed by atoms with Crippen molar-refractivity contribution < 1.29 is 28.8 Å². The summed E-state index contributed by atoms with van der Waals surface area (Å²) in [4.78, 5) is 42.3. The van der Waals surface area contributed by atoms with Crippen molar-refractivity contribution in [2.75, 3.05) is 42.7 Å². The standard InChI is InChI=1S/C30H38N6O6/c1-18-15-36(19(2)17-37)27(38)14-22-13-24(31-29(39)33-28-20(3)34-42-21(28)4)11-12-25(22)41-26(18)16-35(5)30(40)32-23-9-7-6-8-10-23/h6-13,18-19,26,37H,14-17H2,1-5H3,(H,32,40)(H2,31,33,39)/t18-,19+,26+/m0/s1. The van der Waals surface area contributed by atoms with Crippen LogP contribution in [0.3, 0.4) is 0 Å². The lowest BCUT2D eigenvalue weighted by Crippen LogP contribution is -2.48. The number of rotatable bonds is 7. The number of ether oxygens (including phenoxy) is 1. The summed E-state index contributed by atoms with van der Waals surface area (Å²) in [6.45, 7) is 7.55. The van der Waals surface area contributed by atoms with E-state index in [1.54, 1.807) is 68.0 Å². The summed E-state index contributed by atoms with van der Waals surface area (Å²) < 4.78 is 11.6. The van der Waals surface area contributed by atoms with E-state index in [1.807, 2.05) is 25.1 Å². The van der Waals surface area contributed by atoms with E-state index in [9.17, 15) is 19.5 Å². The molecule has 0 saturated carbocycles. The quantitative estimate of drug-likeness (QED) is 0.327. The van der Waals surface area contributed by atoms with Gasteiger partial charge in [0.15, 0.2) is 5.76 Å². The Hall–Kier alpha value is -4.58. The molecule has 1 aromatic heterocycles. The van der Waals surface area contributed by atoms with E-state index in [4.69, 9.17) is 9.26 Å². The number of carbonyl (C=O) groups excluding carboxylic acids is 3. The molecule has 0 saturated heterocycles. The van der Waals surface area contributed by atoms with E-state index in [0.29, 0.717) is 46.4 Å². The fourth-order valence-corrected chi connectivity index (χ4v) is 4.76. The number of nitrogens with zero attached hydrogens (tertiary/aromatic N) is 3. The molecule has 42 heavy (non-hydrogen) atoms. The maximum absolute atomic E-state index is 13.5. The van der Waals surface area contributed by atoms with Crippen molar-refractivity contribution in [2.45, 2.75) is 46.3 Å². The fraction of sp³-hybridized carbons (Fsp3) is 0.400. The van der Waals surface area contributed by atoms with Gasteiger partial charge in [0.05, 0.1) is 25.6 Å². The van der Waals surface area contributed by atoms with Gasteiger partial charge in [0.1, 0.15) is 23.2 Å². The van der Waals surface area contributed by atoms with Crippen molar-refractivity contribution in [1.29, 1.82) is 0 Å². The Morgan fingerprint density at radius 2 is 1.86 bits per heavy atom. The zero-order chi connectivity index (χ0) is 30.4.